The molecule has 0 saturated carbocycles. The molecular weight excluding hydrogens is 540 g/mol. The Hall–Kier alpha value is -2.50. The molecule has 0 rings (SSSR count). The standard InChI is InChI=1S/C31H58N4O7/c1-20(2)17-21(3)27(39)32-13-9-10-14-33-28(40)23(5)26(38)25(37)19-24(18-22(4)36)29(41)34-15-11-12-16-35-30(42)31(6,7)8/h17,20,22-26,36-38H,9-16,18-19H2,1-8H3,(H,32,39)(H,33,40)(H,34,41)(H,35,42)/b21-17+. The molecule has 4 amide bonds. The number of rotatable bonds is 20. The maximum Gasteiger partial charge on any atom is 0.246 e. The van der Waals surface area contributed by atoms with Gasteiger partial charge in [0.1, 0.15) is 0 Å². The van der Waals surface area contributed by atoms with Gasteiger partial charge in [-0.15, -0.1) is 0 Å². The number of unbranched alkanes of at least 4 members (excludes halogenated alkanes) is 2. The van der Waals surface area contributed by atoms with E-state index in [0.717, 1.165) is 0 Å². The molecule has 0 aliphatic rings. The van der Waals surface area contributed by atoms with Crippen molar-refractivity contribution in [1.82, 2.24) is 21.3 Å². The fourth-order valence-corrected chi connectivity index (χ4v) is 4.25. The van der Waals surface area contributed by atoms with Gasteiger partial charge >= 0.3 is 0 Å². The predicted octanol–water partition coefficient (Wildman–Crippen LogP) is 1.80. The molecule has 7 N–H and O–H groups in total. The van der Waals surface area contributed by atoms with E-state index in [2.05, 4.69) is 21.3 Å². The van der Waals surface area contributed by atoms with Crippen LogP contribution in [0.5, 0.6) is 0 Å². The molecule has 0 aromatic carbocycles. The molecule has 0 aliphatic heterocycles. The van der Waals surface area contributed by atoms with Crippen LogP contribution in [0.4, 0.5) is 0 Å². The van der Waals surface area contributed by atoms with Gasteiger partial charge in [-0.2, -0.15) is 0 Å². The Kier molecular flexibility index (Phi) is 19.2. The highest BCUT2D eigenvalue weighted by molar-refractivity contribution is 5.92. The molecule has 42 heavy (non-hydrogen) atoms. The third-order valence-electron chi connectivity index (χ3n) is 6.84. The van der Waals surface area contributed by atoms with Gasteiger partial charge in [-0.25, -0.2) is 0 Å². The van der Waals surface area contributed by atoms with E-state index in [9.17, 15) is 34.5 Å². The summed E-state index contributed by atoms with van der Waals surface area (Å²) in [7, 11) is 0. The Morgan fingerprint density at radius 3 is 1.67 bits per heavy atom. The molecule has 0 bridgehead atoms. The number of carbonyl (C=O) groups is 4. The highest BCUT2D eigenvalue weighted by atomic mass is 16.3. The van der Waals surface area contributed by atoms with E-state index in [4.69, 9.17) is 0 Å². The van der Waals surface area contributed by atoms with Crippen molar-refractivity contribution in [2.45, 2.75) is 112 Å². The topological polar surface area (TPSA) is 177 Å². The molecule has 0 saturated heterocycles. The van der Waals surface area contributed by atoms with Crippen LogP contribution in [0.3, 0.4) is 0 Å². The first-order valence-corrected chi connectivity index (χ1v) is 15.3. The monoisotopic (exact) mass is 598 g/mol. The van der Waals surface area contributed by atoms with Crippen molar-refractivity contribution in [2.75, 3.05) is 26.2 Å². The normalized spacial score (nSPS) is 15.8. The largest absolute Gasteiger partial charge is 0.393 e. The number of amides is 4. The van der Waals surface area contributed by atoms with Crippen molar-refractivity contribution in [1.29, 1.82) is 0 Å². The molecule has 0 aliphatic carbocycles. The number of carbonyl (C=O) groups excluding carboxylic acids is 4. The van der Waals surface area contributed by atoms with Crippen LogP contribution in [0, 0.1) is 23.2 Å². The van der Waals surface area contributed by atoms with Gasteiger partial charge in [-0.1, -0.05) is 47.6 Å². The lowest BCUT2D eigenvalue weighted by Gasteiger charge is -2.27. The summed E-state index contributed by atoms with van der Waals surface area (Å²) in [5.41, 5.74) is 0.210. The minimum atomic E-state index is -1.39. The zero-order valence-corrected chi connectivity index (χ0v) is 27.1. The molecule has 0 aromatic rings. The minimum Gasteiger partial charge on any atom is -0.393 e. The van der Waals surface area contributed by atoms with Crippen molar-refractivity contribution in [3.8, 4) is 0 Å². The first-order valence-electron chi connectivity index (χ1n) is 15.3. The predicted molar refractivity (Wildman–Crippen MR) is 164 cm³/mol. The fourth-order valence-electron chi connectivity index (χ4n) is 4.25. The molecule has 0 fully saturated rings. The second-order valence-corrected chi connectivity index (χ2v) is 12.7. The number of nitrogens with one attached hydrogen (secondary N) is 4. The van der Waals surface area contributed by atoms with Crippen molar-refractivity contribution in [3.05, 3.63) is 11.6 Å². The number of hydrogen-bond donors (Lipinski definition) is 7. The average molecular weight is 599 g/mol. The number of allylic oxidation sites excluding steroid dienone is 1. The van der Waals surface area contributed by atoms with E-state index < -0.39 is 41.5 Å². The summed E-state index contributed by atoms with van der Waals surface area (Å²) in [6, 6.07) is 0. The summed E-state index contributed by atoms with van der Waals surface area (Å²) in [6.45, 7) is 16.1. The summed E-state index contributed by atoms with van der Waals surface area (Å²) < 4.78 is 0. The van der Waals surface area contributed by atoms with Gasteiger partial charge in [-0.3, -0.25) is 19.2 Å². The van der Waals surface area contributed by atoms with Crippen LogP contribution >= 0.6 is 0 Å². The lowest BCUT2D eigenvalue weighted by molar-refractivity contribution is -0.133. The maximum absolute atomic E-state index is 12.8. The third-order valence-corrected chi connectivity index (χ3v) is 6.84. The van der Waals surface area contributed by atoms with Crippen molar-refractivity contribution < 1.29 is 34.5 Å². The van der Waals surface area contributed by atoms with E-state index in [1.54, 1.807) is 13.8 Å². The summed E-state index contributed by atoms with van der Waals surface area (Å²) in [4.78, 5) is 49.2. The Balaban J connectivity index is 4.56. The fraction of sp³-hybridized carbons (Fsp3) is 0.806. The van der Waals surface area contributed by atoms with E-state index in [-0.39, 0.29) is 30.6 Å². The van der Waals surface area contributed by atoms with E-state index in [1.165, 1.54) is 6.92 Å². The summed E-state index contributed by atoms with van der Waals surface area (Å²) in [5.74, 6) is -2.29. The first-order chi connectivity index (χ1) is 19.5. The summed E-state index contributed by atoms with van der Waals surface area (Å²) in [5, 5.41) is 42.4. The highest BCUT2D eigenvalue weighted by Crippen LogP contribution is 2.20. The molecule has 0 aromatic heterocycles. The lowest BCUT2D eigenvalue weighted by Crippen LogP contribution is -2.44. The maximum atomic E-state index is 12.8. The summed E-state index contributed by atoms with van der Waals surface area (Å²) >= 11 is 0. The van der Waals surface area contributed by atoms with Crippen LogP contribution < -0.4 is 21.3 Å². The number of aliphatic hydroxyl groups is 3. The third kappa shape index (κ3) is 17.5. The Morgan fingerprint density at radius 1 is 0.714 bits per heavy atom. The molecule has 5 unspecified atom stereocenters. The van der Waals surface area contributed by atoms with Crippen LogP contribution in [0.25, 0.3) is 0 Å². The van der Waals surface area contributed by atoms with Gasteiger partial charge in [0.15, 0.2) is 0 Å². The molecule has 0 spiro atoms. The molecule has 11 nitrogen and oxygen atoms in total. The second-order valence-electron chi connectivity index (χ2n) is 12.7. The van der Waals surface area contributed by atoms with Gasteiger partial charge < -0.3 is 36.6 Å². The molecule has 11 heteroatoms. The molecule has 0 heterocycles. The Bertz CT molecular complexity index is 868. The smallest absolute Gasteiger partial charge is 0.246 e. The molecule has 244 valence electrons. The Morgan fingerprint density at radius 2 is 1.19 bits per heavy atom. The van der Waals surface area contributed by atoms with Crippen LogP contribution in [-0.2, 0) is 19.2 Å². The van der Waals surface area contributed by atoms with Gasteiger partial charge in [-0.05, 0) is 58.3 Å². The average Bonchev–Trinajstić information content (AvgIpc) is 2.89. The van der Waals surface area contributed by atoms with Gasteiger partial charge in [0, 0.05) is 43.1 Å². The second kappa shape index (κ2) is 20.4. The quantitative estimate of drug-likeness (QED) is 0.0825. The number of aliphatic hydroxyl groups excluding tert-OH is 3. The van der Waals surface area contributed by atoms with Crippen molar-refractivity contribution in [2.24, 2.45) is 23.2 Å². The van der Waals surface area contributed by atoms with Crippen LogP contribution in [0.15, 0.2) is 11.6 Å². The van der Waals surface area contributed by atoms with Crippen molar-refractivity contribution >= 4 is 23.6 Å². The van der Waals surface area contributed by atoms with E-state index >= 15 is 0 Å². The van der Waals surface area contributed by atoms with Crippen LogP contribution in [0.1, 0.15) is 93.9 Å². The van der Waals surface area contributed by atoms with Crippen molar-refractivity contribution in [3.63, 3.8) is 0 Å². The highest BCUT2D eigenvalue weighted by Gasteiger charge is 2.32. The summed E-state index contributed by atoms with van der Waals surface area (Å²) in [6.07, 6.45) is 0.978. The van der Waals surface area contributed by atoms with Crippen LogP contribution in [0.2, 0.25) is 0 Å². The molecular formula is C31H58N4O7. The van der Waals surface area contributed by atoms with E-state index in [0.29, 0.717) is 63.4 Å². The lowest BCUT2D eigenvalue weighted by atomic mass is 9.88. The zero-order chi connectivity index (χ0) is 32.5. The van der Waals surface area contributed by atoms with E-state index in [1.807, 2.05) is 40.7 Å². The minimum absolute atomic E-state index is 0.0372. The first kappa shape index (κ1) is 39.5. The SMILES string of the molecule is C/C(=C\C(C)C)C(=O)NCCCCNC(=O)C(C)C(O)C(O)CC(CC(C)O)C(=O)NCCCCNC(=O)C(C)(C)C. The molecule has 5 atom stereocenters. The number of hydrogen-bond acceptors (Lipinski definition) is 7. The van der Waals surface area contributed by atoms with Crippen LogP contribution in [-0.4, -0.2) is 83.4 Å². The van der Waals surface area contributed by atoms with Gasteiger partial charge in [0.2, 0.25) is 23.6 Å². The van der Waals surface area contributed by atoms with Gasteiger partial charge in [0.05, 0.1) is 24.2 Å². The Labute approximate surface area is 252 Å². The van der Waals surface area contributed by atoms with Gasteiger partial charge in [0.25, 0.3) is 0 Å². The zero-order valence-electron chi connectivity index (χ0n) is 27.1. The molecule has 0 radical (unpaired) electrons.